The summed E-state index contributed by atoms with van der Waals surface area (Å²) in [5.74, 6) is -1.53. The van der Waals surface area contributed by atoms with Crippen molar-refractivity contribution < 1.29 is 24.2 Å². The van der Waals surface area contributed by atoms with Crippen LogP contribution in [0.4, 0.5) is 4.79 Å². The molecule has 31 heavy (non-hydrogen) atoms. The number of alkyl carbamates (subject to hydrolysis) is 1. The van der Waals surface area contributed by atoms with Crippen molar-refractivity contribution >= 4 is 18.0 Å². The summed E-state index contributed by atoms with van der Waals surface area (Å²) < 4.78 is 5.52. The molecule has 1 unspecified atom stereocenters. The smallest absolute Gasteiger partial charge is 0.407 e. The van der Waals surface area contributed by atoms with E-state index in [4.69, 9.17) is 9.84 Å². The second-order valence-corrected chi connectivity index (χ2v) is 7.65. The number of fused-ring (bicyclic) bond motifs is 3. The highest BCUT2D eigenvalue weighted by molar-refractivity contribution is 5.84. The molecule has 0 radical (unpaired) electrons. The van der Waals surface area contributed by atoms with E-state index < -0.39 is 30.1 Å². The van der Waals surface area contributed by atoms with Gasteiger partial charge in [0.2, 0.25) is 5.91 Å². The number of carbonyl (C=O) groups is 3. The summed E-state index contributed by atoms with van der Waals surface area (Å²) in [7, 11) is 0. The standard InChI is InChI=1S/C24H28N2O5/c1-3-15(13-22(27)26-21(4-2)23(28)29)25-24(30)31-14-20-18-11-7-5-9-16(18)17-10-6-8-12-19(17)20/h5-12,15,20-21H,3-4,13-14H2,1-2H3,(H,25,30)(H,26,27)(H,28,29)/t15?,21-/m0/s1. The average Bonchev–Trinajstić information content (AvgIpc) is 3.09. The Morgan fingerprint density at radius 3 is 2.03 bits per heavy atom. The van der Waals surface area contributed by atoms with Gasteiger partial charge in [-0.25, -0.2) is 9.59 Å². The molecule has 3 rings (SSSR count). The normalized spacial score (nSPS) is 14.1. The number of hydrogen-bond donors (Lipinski definition) is 3. The fraction of sp³-hybridized carbons (Fsp3) is 0.375. The molecule has 3 N–H and O–H groups in total. The zero-order chi connectivity index (χ0) is 22.4. The lowest BCUT2D eigenvalue weighted by molar-refractivity contribution is -0.142. The molecule has 1 aliphatic rings. The van der Waals surface area contributed by atoms with Gasteiger partial charge in [-0.2, -0.15) is 0 Å². The molecule has 0 bridgehead atoms. The van der Waals surface area contributed by atoms with Gasteiger partial charge in [-0.15, -0.1) is 0 Å². The fourth-order valence-electron chi connectivity index (χ4n) is 3.92. The molecule has 0 saturated heterocycles. The number of hydrogen-bond acceptors (Lipinski definition) is 4. The Bertz CT molecular complexity index is 913. The maximum absolute atomic E-state index is 12.4. The van der Waals surface area contributed by atoms with Crippen LogP contribution in [0.25, 0.3) is 11.1 Å². The Morgan fingerprint density at radius 2 is 1.52 bits per heavy atom. The Hall–Kier alpha value is -3.35. The van der Waals surface area contributed by atoms with Crippen LogP contribution in [0.2, 0.25) is 0 Å². The first-order valence-electron chi connectivity index (χ1n) is 10.6. The number of rotatable bonds is 9. The van der Waals surface area contributed by atoms with Gasteiger partial charge in [0.25, 0.3) is 0 Å². The minimum atomic E-state index is -1.08. The van der Waals surface area contributed by atoms with Crippen LogP contribution in [0.3, 0.4) is 0 Å². The highest BCUT2D eigenvalue weighted by Gasteiger charge is 2.29. The summed E-state index contributed by atoms with van der Waals surface area (Å²) in [4.78, 5) is 35.6. The van der Waals surface area contributed by atoms with Crippen molar-refractivity contribution in [1.29, 1.82) is 0 Å². The monoisotopic (exact) mass is 424 g/mol. The van der Waals surface area contributed by atoms with Crippen molar-refractivity contribution in [1.82, 2.24) is 10.6 Å². The van der Waals surface area contributed by atoms with Gasteiger partial charge >= 0.3 is 12.1 Å². The Balaban J connectivity index is 1.57. The SMILES string of the molecule is CCC(CC(=O)N[C@@H](CC)C(=O)O)NC(=O)OCC1c2ccccc2-c2ccccc21. The lowest BCUT2D eigenvalue weighted by atomic mass is 9.98. The van der Waals surface area contributed by atoms with Crippen LogP contribution in [0.5, 0.6) is 0 Å². The number of carboxylic acid groups (broad SMARTS) is 1. The van der Waals surface area contributed by atoms with E-state index in [1.165, 1.54) is 0 Å². The van der Waals surface area contributed by atoms with Crippen LogP contribution in [-0.2, 0) is 14.3 Å². The fourth-order valence-corrected chi connectivity index (χ4v) is 3.92. The third-order valence-electron chi connectivity index (χ3n) is 5.63. The van der Waals surface area contributed by atoms with Crippen molar-refractivity contribution in [3.63, 3.8) is 0 Å². The van der Waals surface area contributed by atoms with Crippen LogP contribution >= 0.6 is 0 Å². The summed E-state index contributed by atoms with van der Waals surface area (Å²) >= 11 is 0. The lowest BCUT2D eigenvalue weighted by Gasteiger charge is -2.19. The topological polar surface area (TPSA) is 105 Å². The second-order valence-electron chi connectivity index (χ2n) is 7.65. The molecular weight excluding hydrogens is 396 g/mol. The number of aliphatic carboxylic acids is 1. The molecule has 0 aliphatic heterocycles. The van der Waals surface area contributed by atoms with Crippen molar-refractivity contribution in [2.45, 2.75) is 51.1 Å². The number of nitrogens with one attached hydrogen (secondary N) is 2. The Labute approximate surface area is 181 Å². The van der Waals surface area contributed by atoms with E-state index in [1.807, 2.05) is 43.3 Å². The van der Waals surface area contributed by atoms with Crippen LogP contribution in [0.15, 0.2) is 48.5 Å². The van der Waals surface area contributed by atoms with E-state index in [0.717, 1.165) is 22.3 Å². The molecular formula is C24H28N2O5. The predicted octanol–water partition coefficient (Wildman–Crippen LogP) is 3.67. The highest BCUT2D eigenvalue weighted by atomic mass is 16.5. The number of ether oxygens (including phenoxy) is 1. The quantitative estimate of drug-likeness (QED) is 0.570. The maximum Gasteiger partial charge on any atom is 0.407 e. The molecule has 2 amide bonds. The molecule has 1 aliphatic carbocycles. The molecule has 0 heterocycles. The molecule has 7 nitrogen and oxygen atoms in total. The maximum atomic E-state index is 12.4. The summed E-state index contributed by atoms with van der Waals surface area (Å²) in [6.45, 7) is 3.72. The minimum absolute atomic E-state index is 0.00945. The largest absolute Gasteiger partial charge is 0.480 e. The number of carboxylic acids is 1. The van der Waals surface area contributed by atoms with E-state index in [-0.39, 0.29) is 25.4 Å². The summed E-state index contributed by atoms with van der Waals surface area (Å²) in [5.41, 5.74) is 4.56. The van der Waals surface area contributed by atoms with Crippen LogP contribution in [0, 0.1) is 0 Å². The van der Waals surface area contributed by atoms with Gasteiger partial charge in [0.05, 0.1) is 0 Å². The Kier molecular flexibility index (Phi) is 7.28. The van der Waals surface area contributed by atoms with Crippen molar-refractivity contribution in [3.05, 3.63) is 59.7 Å². The van der Waals surface area contributed by atoms with Crippen molar-refractivity contribution in [2.24, 2.45) is 0 Å². The third-order valence-corrected chi connectivity index (χ3v) is 5.63. The third kappa shape index (κ3) is 5.23. The van der Waals surface area contributed by atoms with Gasteiger partial charge in [-0.05, 0) is 35.1 Å². The van der Waals surface area contributed by atoms with Gasteiger partial charge in [-0.1, -0.05) is 62.4 Å². The second kappa shape index (κ2) is 10.1. The van der Waals surface area contributed by atoms with Gasteiger partial charge in [0.1, 0.15) is 12.6 Å². The number of carbonyl (C=O) groups excluding carboxylic acids is 2. The molecule has 164 valence electrons. The zero-order valence-corrected chi connectivity index (χ0v) is 17.8. The number of benzene rings is 2. The average molecular weight is 424 g/mol. The zero-order valence-electron chi connectivity index (χ0n) is 17.8. The van der Waals surface area contributed by atoms with E-state index in [9.17, 15) is 14.4 Å². The molecule has 0 aromatic heterocycles. The highest BCUT2D eigenvalue weighted by Crippen LogP contribution is 2.44. The first-order chi connectivity index (χ1) is 14.9. The number of amides is 2. The van der Waals surface area contributed by atoms with Gasteiger partial charge < -0.3 is 20.5 Å². The molecule has 0 spiro atoms. The molecule has 0 fully saturated rings. The molecule has 2 aromatic carbocycles. The van der Waals surface area contributed by atoms with Crippen molar-refractivity contribution in [2.75, 3.05) is 6.61 Å². The minimum Gasteiger partial charge on any atom is -0.480 e. The van der Waals surface area contributed by atoms with E-state index >= 15 is 0 Å². The van der Waals surface area contributed by atoms with E-state index in [1.54, 1.807) is 6.92 Å². The van der Waals surface area contributed by atoms with Gasteiger partial charge in [-0.3, -0.25) is 4.79 Å². The van der Waals surface area contributed by atoms with Gasteiger partial charge in [0, 0.05) is 18.4 Å². The lowest BCUT2D eigenvalue weighted by Crippen LogP contribution is -2.44. The predicted molar refractivity (Wildman–Crippen MR) is 117 cm³/mol. The Morgan fingerprint density at radius 1 is 0.935 bits per heavy atom. The molecule has 2 atom stereocenters. The molecule has 0 saturated carbocycles. The van der Waals surface area contributed by atoms with Crippen molar-refractivity contribution in [3.8, 4) is 11.1 Å². The van der Waals surface area contributed by atoms with Gasteiger partial charge in [0.15, 0.2) is 0 Å². The summed E-state index contributed by atoms with van der Waals surface area (Å²) in [6, 6.07) is 14.8. The first-order valence-corrected chi connectivity index (χ1v) is 10.6. The van der Waals surface area contributed by atoms with Crippen LogP contribution < -0.4 is 10.6 Å². The van der Waals surface area contributed by atoms with E-state index in [0.29, 0.717) is 6.42 Å². The molecule has 7 heteroatoms. The van der Waals surface area contributed by atoms with Crippen LogP contribution in [0.1, 0.15) is 50.2 Å². The van der Waals surface area contributed by atoms with Crippen LogP contribution in [-0.4, -0.2) is 41.8 Å². The van der Waals surface area contributed by atoms with E-state index in [2.05, 4.69) is 22.8 Å². The summed E-state index contributed by atoms with van der Waals surface area (Å²) in [6.07, 6.45) is 0.204. The first kappa shape index (κ1) is 22.3. The summed E-state index contributed by atoms with van der Waals surface area (Å²) in [5, 5.41) is 14.3. The molecule has 2 aromatic rings.